The van der Waals surface area contributed by atoms with E-state index in [0.29, 0.717) is 0 Å². The minimum Gasteiger partial charge on any atom is -0.371 e. The molecule has 0 amide bonds. The number of hydrogen-bond donors (Lipinski definition) is 1. The van der Waals surface area contributed by atoms with E-state index in [1.54, 1.807) is 0 Å². The highest BCUT2D eigenvalue weighted by atomic mass is 15.0. The predicted molar refractivity (Wildman–Crippen MR) is 90.3 cm³/mol. The first-order valence-corrected chi connectivity index (χ1v) is 7.46. The maximum atomic E-state index is 4.77. The first-order valence-electron chi connectivity index (χ1n) is 7.46. The van der Waals surface area contributed by atoms with Gasteiger partial charge in [0.2, 0.25) is 0 Å². The molecule has 0 aliphatic carbocycles. The number of hydrogen-bond acceptors (Lipinski definition) is 3. The van der Waals surface area contributed by atoms with Crippen molar-refractivity contribution in [3.63, 3.8) is 0 Å². The number of nitrogens with zero attached hydrogens (tertiary/aromatic N) is 2. The van der Waals surface area contributed by atoms with Gasteiger partial charge in [0.15, 0.2) is 5.82 Å². The smallest absolute Gasteiger partial charge is 0.152 e. The van der Waals surface area contributed by atoms with Gasteiger partial charge in [-0.15, -0.1) is 0 Å². The molecule has 3 heteroatoms. The van der Waals surface area contributed by atoms with Crippen molar-refractivity contribution >= 4 is 23.3 Å². The Morgan fingerprint density at radius 1 is 1.35 bits per heavy atom. The van der Waals surface area contributed by atoms with Gasteiger partial charge in [-0.05, 0) is 32.3 Å². The van der Waals surface area contributed by atoms with Gasteiger partial charge in [0.05, 0.1) is 5.69 Å². The molecular weight excluding hydrogens is 246 g/mol. The molecule has 1 aromatic rings. The molecule has 1 N–H and O–H groups in total. The zero-order valence-electron chi connectivity index (χ0n) is 13.5. The Labute approximate surface area is 123 Å². The summed E-state index contributed by atoms with van der Waals surface area (Å²) in [6.07, 6.45) is 6.07. The van der Waals surface area contributed by atoms with E-state index in [4.69, 9.17) is 9.98 Å². The van der Waals surface area contributed by atoms with Crippen molar-refractivity contribution in [2.24, 2.45) is 4.99 Å². The number of aliphatic imine (C=N–C) groups is 1. The third kappa shape index (κ3) is 3.69. The van der Waals surface area contributed by atoms with Crippen LogP contribution in [-0.2, 0) is 6.42 Å². The van der Waals surface area contributed by atoms with Crippen molar-refractivity contribution in [3.8, 4) is 0 Å². The second-order valence-electron chi connectivity index (χ2n) is 5.10. The van der Waals surface area contributed by atoms with Crippen LogP contribution in [0.4, 0.5) is 11.5 Å². The van der Waals surface area contributed by atoms with E-state index in [-0.39, 0.29) is 0 Å². The van der Waals surface area contributed by atoms with Gasteiger partial charge in [0.25, 0.3) is 0 Å². The second-order valence-corrected chi connectivity index (χ2v) is 5.10. The van der Waals surface area contributed by atoms with E-state index in [1.807, 2.05) is 13.1 Å². The average molecular weight is 273 g/mol. The second kappa shape index (κ2) is 7.83. The van der Waals surface area contributed by atoms with E-state index < -0.39 is 0 Å². The molecular formula is C17H27N3. The van der Waals surface area contributed by atoms with Gasteiger partial charge in [-0.25, -0.2) is 4.98 Å². The molecule has 1 rings (SSSR count). The Morgan fingerprint density at radius 3 is 2.55 bits per heavy atom. The summed E-state index contributed by atoms with van der Waals surface area (Å²) < 4.78 is 0. The van der Waals surface area contributed by atoms with E-state index in [1.165, 1.54) is 5.56 Å². The highest BCUT2D eigenvalue weighted by molar-refractivity contribution is 5.87. The maximum Gasteiger partial charge on any atom is 0.152 e. The first kappa shape index (κ1) is 16.4. The highest BCUT2D eigenvalue weighted by Gasteiger charge is 2.14. The standard InChI is InChI=1S/C17H27N3/c1-7-10-12(4)19-16-13(5)14(9-3)15(11-8-2)20-17(16)18-6/h9H,3,7-8,10-11H2,1-2,4-6H3,(H,18,20). The predicted octanol–water partition coefficient (Wildman–Crippen LogP) is 4.92. The summed E-state index contributed by atoms with van der Waals surface area (Å²) >= 11 is 0. The lowest BCUT2D eigenvalue weighted by Gasteiger charge is -2.15. The van der Waals surface area contributed by atoms with Crippen LogP contribution in [-0.4, -0.2) is 17.7 Å². The number of aryl methyl sites for hydroxylation is 1. The topological polar surface area (TPSA) is 37.3 Å². The van der Waals surface area contributed by atoms with Gasteiger partial charge in [0.1, 0.15) is 5.69 Å². The van der Waals surface area contributed by atoms with E-state index in [0.717, 1.165) is 54.2 Å². The zero-order chi connectivity index (χ0) is 15.1. The summed E-state index contributed by atoms with van der Waals surface area (Å²) in [7, 11) is 1.90. The molecule has 1 heterocycles. The summed E-state index contributed by atoms with van der Waals surface area (Å²) in [5.41, 5.74) is 5.50. The molecule has 20 heavy (non-hydrogen) atoms. The fourth-order valence-corrected chi connectivity index (χ4v) is 2.39. The summed E-state index contributed by atoms with van der Waals surface area (Å²) in [6.45, 7) is 12.5. The summed E-state index contributed by atoms with van der Waals surface area (Å²) in [5.74, 6) is 0.868. The minimum atomic E-state index is 0.868. The highest BCUT2D eigenvalue weighted by Crippen LogP contribution is 2.33. The van der Waals surface area contributed by atoms with E-state index in [9.17, 15) is 0 Å². The summed E-state index contributed by atoms with van der Waals surface area (Å²) in [6, 6.07) is 0. The van der Waals surface area contributed by atoms with Crippen LogP contribution in [0, 0.1) is 6.92 Å². The summed E-state index contributed by atoms with van der Waals surface area (Å²) in [5, 5.41) is 3.18. The zero-order valence-corrected chi connectivity index (χ0v) is 13.5. The molecule has 0 spiro atoms. The number of anilines is 1. The third-order valence-electron chi connectivity index (χ3n) is 3.38. The lowest BCUT2D eigenvalue weighted by molar-refractivity contribution is 0.878. The van der Waals surface area contributed by atoms with E-state index in [2.05, 4.69) is 39.6 Å². The number of rotatable bonds is 7. The fraction of sp³-hybridized carbons (Fsp3) is 0.529. The van der Waals surface area contributed by atoms with Crippen molar-refractivity contribution in [1.29, 1.82) is 0 Å². The molecule has 0 fully saturated rings. The van der Waals surface area contributed by atoms with Gasteiger partial charge in [0, 0.05) is 18.3 Å². The lowest BCUT2D eigenvalue weighted by Crippen LogP contribution is -2.04. The van der Waals surface area contributed by atoms with Crippen molar-refractivity contribution in [2.75, 3.05) is 12.4 Å². The molecule has 0 aliphatic rings. The van der Waals surface area contributed by atoms with Gasteiger partial charge in [-0.3, -0.25) is 4.99 Å². The van der Waals surface area contributed by atoms with Gasteiger partial charge >= 0.3 is 0 Å². The molecule has 0 bridgehead atoms. The Kier molecular flexibility index (Phi) is 6.43. The minimum absolute atomic E-state index is 0.868. The normalized spacial score (nSPS) is 11.6. The first-order chi connectivity index (χ1) is 9.58. The van der Waals surface area contributed by atoms with E-state index >= 15 is 0 Å². The third-order valence-corrected chi connectivity index (χ3v) is 3.38. The molecule has 0 aromatic carbocycles. The molecule has 1 aromatic heterocycles. The van der Waals surface area contributed by atoms with Crippen molar-refractivity contribution in [2.45, 2.75) is 53.4 Å². The lowest BCUT2D eigenvalue weighted by atomic mass is 10.0. The van der Waals surface area contributed by atoms with Crippen LogP contribution in [0.5, 0.6) is 0 Å². The molecule has 3 nitrogen and oxygen atoms in total. The van der Waals surface area contributed by atoms with Crippen LogP contribution in [0.15, 0.2) is 11.6 Å². The molecule has 110 valence electrons. The molecule has 0 saturated carbocycles. The van der Waals surface area contributed by atoms with Crippen molar-refractivity contribution in [1.82, 2.24) is 4.98 Å². The maximum absolute atomic E-state index is 4.77. The van der Waals surface area contributed by atoms with Crippen LogP contribution in [0.3, 0.4) is 0 Å². The Bertz CT molecular complexity index is 501. The quantitative estimate of drug-likeness (QED) is 0.716. The molecule has 0 unspecified atom stereocenters. The SMILES string of the molecule is C=Cc1c(CCC)nc(NC)c(N=C(C)CCC)c1C. The molecule has 0 atom stereocenters. The molecule has 0 saturated heterocycles. The Balaban J connectivity index is 3.43. The van der Waals surface area contributed by atoms with Crippen LogP contribution < -0.4 is 5.32 Å². The van der Waals surface area contributed by atoms with Crippen molar-refractivity contribution in [3.05, 3.63) is 23.4 Å². The largest absolute Gasteiger partial charge is 0.371 e. The molecule has 0 aliphatic heterocycles. The van der Waals surface area contributed by atoms with Gasteiger partial charge < -0.3 is 5.32 Å². The molecule has 0 radical (unpaired) electrons. The van der Waals surface area contributed by atoms with Crippen LogP contribution in [0.2, 0.25) is 0 Å². The number of aromatic nitrogens is 1. The van der Waals surface area contributed by atoms with Crippen LogP contribution in [0.1, 0.15) is 56.9 Å². The average Bonchev–Trinajstić information content (AvgIpc) is 2.42. The monoisotopic (exact) mass is 273 g/mol. The summed E-state index contributed by atoms with van der Waals surface area (Å²) in [4.78, 5) is 9.51. The van der Waals surface area contributed by atoms with Crippen LogP contribution >= 0.6 is 0 Å². The van der Waals surface area contributed by atoms with Gasteiger partial charge in [-0.2, -0.15) is 0 Å². The Hall–Kier alpha value is -1.64. The number of pyridine rings is 1. The van der Waals surface area contributed by atoms with Crippen molar-refractivity contribution < 1.29 is 0 Å². The van der Waals surface area contributed by atoms with Gasteiger partial charge in [-0.1, -0.05) is 39.3 Å². The van der Waals surface area contributed by atoms with Crippen LogP contribution in [0.25, 0.3) is 6.08 Å². The number of nitrogens with one attached hydrogen (secondary N) is 1. The fourth-order valence-electron chi connectivity index (χ4n) is 2.39. The Morgan fingerprint density at radius 2 is 2.05 bits per heavy atom.